The van der Waals surface area contributed by atoms with Crippen molar-refractivity contribution in [2.45, 2.75) is 343 Å². The first-order valence-corrected chi connectivity index (χ1v) is 35.6. The summed E-state index contributed by atoms with van der Waals surface area (Å²) in [5.41, 5.74) is -0.0477. The van der Waals surface area contributed by atoms with Crippen molar-refractivity contribution in [3.8, 4) is 0 Å². The van der Waals surface area contributed by atoms with E-state index in [1.54, 1.807) is 40.9 Å². The topological polar surface area (TPSA) is 309 Å². The summed E-state index contributed by atoms with van der Waals surface area (Å²) in [6.07, 6.45) is -8.90. The molecule has 27 nitrogen and oxygen atoms in total. The minimum absolute atomic E-state index is 0.00706. The second kappa shape index (κ2) is 29.9. The Labute approximate surface area is 569 Å². The fraction of sp³-hybridized carbons (Fsp3) is 0.914. The van der Waals surface area contributed by atoms with E-state index in [2.05, 4.69) is 19.9 Å². The molecule has 0 aromatic carbocycles. The number of carbonyl (C=O) groups is 2. The minimum atomic E-state index is -1.38. The van der Waals surface area contributed by atoms with Gasteiger partial charge in [-0.1, -0.05) is 25.5 Å². The van der Waals surface area contributed by atoms with Crippen molar-refractivity contribution in [3.05, 3.63) is 23.5 Å². The number of aliphatic hydroxyl groups is 4. The third-order valence-electron chi connectivity index (χ3n) is 24.3. The molecule has 0 aromatic heterocycles. The highest BCUT2D eigenvalue weighted by molar-refractivity contribution is 5.96. The van der Waals surface area contributed by atoms with Crippen LogP contribution < -0.4 is 0 Å². The average molecular weight is 1380 g/mol. The van der Waals surface area contributed by atoms with Crippen molar-refractivity contribution >= 4 is 11.8 Å². The van der Waals surface area contributed by atoms with Crippen LogP contribution in [0.4, 0.5) is 0 Å². The molecule has 4 N–H and O–H groups in total. The van der Waals surface area contributed by atoms with Crippen LogP contribution in [0.25, 0.3) is 0 Å². The third-order valence-corrected chi connectivity index (χ3v) is 24.3. The van der Waals surface area contributed by atoms with Crippen molar-refractivity contribution in [1.29, 1.82) is 0 Å². The highest BCUT2D eigenvalue weighted by atomic mass is 17.2. The summed E-state index contributed by atoms with van der Waals surface area (Å²) in [6.45, 7) is 20.6. The van der Waals surface area contributed by atoms with Gasteiger partial charge < -0.3 is 110 Å². The Morgan fingerprint density at radius 2 is 1.28 bits per heavy atom. The van der Waals surface area contributed by atoms with Gasteiger partial charge in [0, 0.05) is 65.8 Å². The molecular weight excluding hydrogens is 1270 g/mol. The van der Waals surface area contributed by atoms with Gasteiger partial charge in [0.2, 0.25) is 12.1 Å². The summed E-state index contributed by atoms with van der Waals surface area (Å²) < 4.78 is 118. The number of ether oxygens (including phenoxy) is 19. The first kappa shape index (κ1) is 74.2. The summed E-state index contributed by atoms with van der Waals surface area (Å²) >= 11 is 0. The maximum atomic E-state index is 13.1. The van der Waals surface area contributed by atoms with Gasteiger partial charge in [0.05, 0.1) is 98.2 Å². The molecular formula is C70H110O27. The second-order valence-electron chi connectivity index (χ2n) is 30.2. The minimum Gasteiger partial charge on any atom is -0.493 e. The predicted octanol–water partition coefficient (Wildman–Crippen LogP) is 5.42. The van der Waals surface area contributed by atoms with Crippen molar-refractivity contribution in [2.75, 3.05) is 35.0 Å². The second-order valence-corrected chi connectivity index (χ2v) is 30.2. The molecule has 27 heteroatoms. The van der Waals surface area contributed by atoms with Gasteiger partial charge in [0.25, 0.3) is 5.78 Å². The van der Waals surface area contributed by atoms with Gasteiger partial charge in [-0.25, -0.2) is 4.89 Å². The van der Waals surface area contributed by atoms with Gasteiger partial charge in [-0.2, -0.15) is 4.89 Å². The van der Waals surface area contributed by atoms with Crippen molar-refractivity contribution in [2.24, 2.45) is 28.6 Å². The molecule has 1 spiro atoms. The molecule has 12 aliphatic rings. The molecule has 4 aliphatic carbocycles. The molecule has 3 saturated carbocycles. The van der Waals surface area contributed by atoms with Gasteiger partial charge >= 0.3 is 5.97 Å². The highest BCUT2D eigenvalue weighted by Gasteiger charge is 2.66. The van der Waals surface area contributed by atoms with Crippen LogP contribution in [0.2, 0.25) is 0 Å². The van der Waals surface area contributed by atoms with E-state index in [-0.39, 0.29) is 66.9 Å². The fourth-order valence-electron chi connectivity index (χ4n) is 19.0. The van der Waals surface area contributed by atoms with E-state index < -0.39 is 177 Å². The molecule has 8 heterocycles. The molecule has 35 atom stereocenters. The molecule has 12 rings (SSSR count). The zero-order valence-corrected chi connectivity index (χ0v) is 59.1. The summed E-state index contributed by atoms with van der Waals surface area (Å²) in [7, 11) is 6.03. The van der Waals surface area contributed by atoms with E-state index in [9.17, 15) is 30.0 Å². The lowest BCUT2D eigenvalue weighted by molar-refractivity contribution is -0.472. The number of carbonyl (C=O) groups excluding carboxylic acids is 2. The van der Waals surface area contributed by atoms with Gasteiger partial charge in [0.1, 0.15) is 49.3 Å². The van der Waals surface area contributed by atoms with Gasteiger partial charge in [-0.3, -0.25) is 9.59 Å². The molecule has 8 aliphatic heterocycles. The smallest absolute Gasteiger partial charge is 0.303 e. The van der Waals surface area contributed by atoms with Gasteiger partial charge in [0.15, 0.2) is 43.3 Å². The molecule has 97 heavy (non-hydrogen) atoms. The summed E-state index contributed by atoms with van der Waals surface area (Å²) in [5.74, 6) is -0.760. The molecule has 0 bridgehead atoms. The zero-order valence-electron chi connectivity index (χ0n) is 59.1. The summed E-state index contributed by atoms with van der Waals surface area (Å²) in [5, 5.41) is 47.0. The Balaban J connectivity index is 0.595. The summed E-state index contributed by atoms with van der Waals surface area (Å²) in [6, 6.07) is 0. The summed E-state index contributed by atoms with van der Waals surface area (Å²) in [4.78, 5) is 37.6. The lowest BCUT2D eigenvalue weighted by Gasteiger charge is -2.59. The van der Waals surface area contributed by atoms with E-state index in [1.807, 2.05) is 27.7 Å². The predicted molar refractivity (Wildman–Crippen MR) is 336 cm³/mol. The van der Waals surface area contributed by atoms with Crippen LogP contribution >= 0.6 is 0 Å². The number of allylic oxidation sites excluding steroid dienone is 1. The number of ketones is 1. The van der Waals surface area contributed by atoms with Gasteiger partial charge in [-0.05, 0) is 136 Å². The molecule has 35 unspecified atom stereocenters. The normalized spacial score (nSPS) is 51.4. The van der Waals surface area contributed by atoms with Crippen LogP contribution in [0.3, 0.4) is 0 Å². The Bertz CT molecular complexity index is 2740. The number of Topliss-reactive ketones (excluding diaryl/α,β-unsaturated/α-hetero) is 1. The van der Waals surface area contributed by atoms with E-state index in [0.717, 1.165) is 44.9 Å². The van der Waals surface area contributed by atoms with Crippen LogP contribution in [0.1, 0.15) is 160 Å². The quantitative estimate of drug-likeness (QED) is 0.0756. The number of esters is 1. The third kappa shape index (κ3) is 14.6. The maximum Gasteiger partial charge on any atom is 0.303 e. The standard InChI is InChI=1S/C70H110O27/c1-32-24-48(77-12)57(75)65(82-32)90-42-18-21-67(10)41(25-42)16-17-43-44(67)19-22-68(11)45(43)20-23-70(68,76)39(8)88-54-29-50-62(37(6)86-54)96-97-69(31-81-50)30-51(79-14)61(38(7)95-69)93-53-27-47(73)58(34(3)84-53)91-52-26-46(72)59(35(4)83-52)92-55-28-49(78-13)60(36(5)85-55)94-66-64(89-40(9)71)63(80-15)56(74)33(2)87-66/h16,24,32-39,42-47,49-56,58-66,72-74,76H,17-23,25-31H2,1-15H3. The lowest BCUT2D eigenvalue weighted by Crippen LogP contribution is -2.62. The van der Waals surface area contributed by atoms with Crippen molar-refractivity contribution in [1.82, 2.24) is 0 Å². The van der Waals surface area contributed by atoms with Gasteiger partial charge in [-0.15, -0.1) is 0 Å². The molecule has 7 saturated heterocycles. The first-order valence-electron chi connectivity index (χ1n) is 35.6. The zero-order chi connectivity index (χ0) is 69.4. The Morgan fingerprint density at radius 3 is 1.92 bits per heavy atom. The monoisotopic (exact) mass is 1380 g/mol. The number of aliphatic hydroxyl groups excluding tert-OH is 3. The Kier molecular flexibility index (Phi) is 22.9. The van der Waals surface area contributed by atoms with Crippen LogP contribution in [0.5, 0.6) is 0 Å². The Morgan fingerprint density at radius 1 is 0.649 bits per heavy atom. The lowest BCUT2D eigenvalue weighted by atomic mass is 9.46. The van der Waals surface area contributed by atoms with Crippen LogP contribution in [-0.2, 0) is 109 Å². The van der Waals surface area contributed by atoms with Crippen LogP contribution in [0.15, 0.2) is 23.5 Å². The molecule has 0 amide bonds. The number of methoxy groups -OCH3 is 4. The average Bonchev–Trinajstić information content (AvgIpc) is 1.63. The van der Waals surface area contributed by atoms with Crippen LogP contribution in [0, 0.1) is 28.6 Å². The SMILES string of the molecule is COC1=CC(C)OC(OC2CCC3(C)C(=CCC4C3CCC3(C)C4CCC3(O)C(C)OC3CC4OCC5(CC(OC)C(OC6CC(O)C(OC7CC(O)C(OC8CC(OC)C(OC9OC(C)C(O)C(OC)C9OC(C)=O)C(C)O8)C(C)O7)C(C)O6)C(C)O5)OOC4C(C)O3)C2)C1=O. The number of hydrogen-bond acceptors (Lipinski definition) is 27. The number of hydrogen-bond donors (Lipinski definition) is 4. The van der Waals surface area contributed by atoms with Crippen molar-refractivity contribution in [3.63, 3.8) is 0 Å². The van der Waals surface area contributed by atoms with E-state index >= 15 is 0 Å². The number of fused-ring (bicyclic) bond motifs is 6. The van der Waals surface area contributed by atoms with Crippen molar-refractivity contribution < 1.29 is 130 Å². The maximum absolute atomic E-state index is 13.1. The van der Waals surface area contributed by atoms with E-state index in [4.69, 9.17) is 99.8 Å². The molecule has 0 aromatic rings. The van der Waals surface area contributed by atoms with E-state index in [1.165, 1.54) is 33.8 Å². The largest absolute Gasteiger partial charge is 0.493 e. The number of rotatable bonds is 18. The first-order chi connectivity index (χ1) is 46.1. The van der Waals surface area contributed by atoms with Crippen LogP contribution in [-0.4, -0.2) is 251 Å². The molecule has 0 radical (unpaired) electrons. The highest BCUT2D eigenvalue weighted by Crippen LogP contribution is 2.68. The fourth-order valence-corrected chi connectivity index (χ4v) is 19.0. The van der Waals surface area contributed by atoms with E-state index in [0.29, 0.717) is 30.6 Å². The molecule has 552 valence electrons. The molecule has 10 fully saturated rings. The Hall–Kier alpha value is -2.50.